The Balaban J connectivity index is 1.84. The molecule has 1 saturated carbocycles. The van der Waals surface area contributed by atoms with Crippen LogP contribution < -0.4 is 10.1 Å². The number of amides is 1. The Kier molecular flexibility index (Phi) is 4.03. The van der Waals surface area contributed by atoms with E-state index in [0.717, 1.165) is 24.2 Å². The largest absolute Gasteiger partial charge is 0.496 e. The Labute approximate surface area is 133 Å². The number of nitrogens with one attached hydrogen (secondary N) is 1. The summed E-state index contributed by atoms with van der Waals surface area (Å²) in [5.74, 6) is 0.474. The number of carbonyl (C=O) groups is 1. The molecule has 0 radical (unpaired) electrons. The molecule has 0 bridgehead atoms. The standard InChI is InChI=1S/C17H15ClFNO2/c1-22-16-5-4-11(6-15(16)10-2-3-10)17(21)20-14-8-12(18)7-13(19)9-14/h4-10H,2-3H2,1H3,(H,20,21). The molecule has 0 atom stereocenters. The van der Waals surface area contributed by atoms with E-state index in [1.165, 1.54) is 18.2 Å². The third-order valence-electron chi connectivity index (χ3n) is 3.63. The monoisotopic (exact) mass is 319 g/mol. The molecule has 1 aliphatic rings. The van der Waals surface area contributed by atoms with Gasteiger partial charge in [0.2, 0.25) is 0 Å². The fourth-order valence-electron chi connectivity index (χ4n) is 2.42. The molecule has 2 aromatic carbocycles. The van der Waals surface area contributed by atoms with Gasteiger partial charge >= 0.3 is 0 Å². The summed E-state index contributed by atoms with van der Waals surface area (Å²) in [4.78, 5) is 12.3. The fourth-order valence-corrected chi connectivity index (χ4v) is 2.64. The zero-order chi connectivity index (χ0) is 15.7. The van der Waals surface area contributed by atoms with E-state index in [1.807, 2.05) is 6.07 Å². The average molecular weight is 320 g/mol. The first kappa shape index (κ1) is 14.9. The molecular formula is C17H15ClFNO2. The summed E-state index contributed by atoms with van der Waals surface area (Å²) in [6.07, 6.45) is 2.22. The minimum atomic E-state index is -0.490. The number of hydrogen-bond donors (Lipinski definition) is 1. The lowest BCUT2D eigenvalue weighted by Crippen LogP contribution is -2.12. The summed E-state index contributed by atoms with van der Waals surface area (Å²) in [6, 6.07) is 9.26. The highest BCUT2D eigenvalue weighted by Gasteiger charge is 2.27. The van der Waals surface area contributed by atoms with Crippen LogP contribution in [0.15, 0.2) is 36.4 Å². The second kappa shape index (κ2) is 5.97. The number of hydrogen-bond acceptors (Lipinski definition) is 2. The number of rotatable bonds is 4. The van der Waals surface area contributed by atoms with Crippen molar-refractivity contribution in [2.24, 2.45) is 0 Å². The van der Waals surface area contributed by atoms with Crippen molar-refractivity contribution in [2.75, 3.05) is 12.4 Å². The minimum Gasteiger partial charge on any atom is -0.496 e. The van der Waals surface area contributed by atoms with Crippen molar-refractivity contribution in [3.8, 4) is 5.75 Å². The van der Waals surface area contributed by atoms with E-state index in [2.05, 4.69) is 5.32 Å². The summed E-state index contributed by atoms with van der Waals surface area (Å²) in [5, 5.41) is 2.90. The molecule has 1 amide bonds. The normalized spacial score (nSPS) is 13.8. The average Bonchev–Trinajstić information content (AvgIpc) is 3.30. The molecule has 22 heavy (non-hydrogen) atoms. The van der Waals surface area contributed by atoms with E-state index < -0.39 is 5.82 Å². The molecular weight excluding hydrogens is 305 g/mol. The van der Waals surface area contributed by atoms with Crippen LogP contribution in [0.3, 0.4) is 0 Å². The van der Waals surface area contributed by atoms with Gasteiger partial charge in [-0.3, -0.25) is 4.79 Å². The van der Waals surface area contributed by atoms with Gasteiger partial charge in [-0.25, -0.2) is 4.39 Å². The third kappa shape index (κ3) is 3.22. The van der Waals surface area contributed by atoms with Crippen LogP contribution in [0.4, 0.5) is 10.1 Å². The number of benzene rings is 2. The number of ether oxygens (including phenoxy) is 1. The van der Waals surface area contributed by atoms with Gasteiger partial charge < -0.3 is 10.1 Å². The van der Waals surface area contributed by atoms with Crippen molar-refractivity contribution in [3.05, 3.63) is 58.4 Å². The van der Waals surface area contributed by atoms with Gasteiger partial charge in [0, 0.05) is 16.3 Å². The molecule has 0 aromatic heterocycles. The molecule has 1 aliphatic carbocycles. The zero-order valence-electron chi connectivity index (χ0n) is 12.0. The van der Waals surface area contributed by atoms with Gasteiger partial charge in [0.15, 0.2) is 0 Å². The molecule has 0 heterocycles. The third-order valence-corrected chi connectivity index (χ3v) is 3.85. The lowest BCUT2D eigenvalue weighted by molar-refractivity contribution is 0.102. The molecule has 0 aliphatic heterocycles. The highest BCUT2D eigenvalue weighted by molar-refractivity contribution is 6.31. The van der Waals surface area contributed by atoms with E-state index >= 15 is 0 Å². The van der Waals surface area contributed by atoms with Crippen LogP contribution in [-0.4, -0.2) is 13.0 Å². The van der Waals surface area contributed by atoms with Crippen LogP contribution in [0, 0.1) is 5.82 Å². The Morgan fingerprint density at radius 3 is 2.68 bits per heavy atom. The van der Waals surface area contributed by atoms with Crippen LogP contribution in [0.2, 0.25) is 5.02 Å². The Morgan fingerprint density at radius 1 is 1.27 bits per heavy atom. The SMILES string of the molecule is COc1ccc(C(=O)Nc2cc(F)cc(Cl)c2)cc1C1CC1. The summed E-state index contributed by atoms with van der Waals surface area (Å²) in [7, 11) is 1.62. The van der Waals surface area contributed by atoms with Gasteiger partial charge in [0.25, 0.3) is 5.91 Å². The van der Waals surface area contributed by atoms with Gasteiger partial charge in [0.1, 0.15) is 11.6 Å². The minimum absolute atomic E-state index is 0.240. The van der Waals surface area contributed by atoms with Gasteiger partial charge in [-0.1, -0.05) is 11.6 Å². The molecule has 3 nitrogen and oxygen atoms in total. The quantitative estimate of drug-likeness (QED) is 0.893. The van der Waals surface area contributed by atoms with Crippen LogP contribution >= 0.6 is 11.6 Å². The van der Waals surface area contributed by atoms with E-state index in [1.54, 1.807) is 19.2 Å². The maximum Gasteiger partial charge on any atom is 0.255 e. The highest BCUT2D eigenvalue weighted by atomic mass is 35.5. The van der Waals surface area contributed by atoms with Crippen LogP contribution in [0.1, 0.15) is 34.7 Å². The van der Waals surface area contributed by atoms with Crippen LogP contribution in [-0.2, 0) is 0 Å². The Hall–Kier alpha value is -2.07. The molecule has 0 unspecified atom stereocenters. The number of halogens is 2. The first-order valence-electron chi connectivity index (χ1n) is 7.02. The predicted octanol–water partition coefficient (Wildman–Crippen LogP) is 4.62. The molecule has 1 N–H and O–H groups in total. The first-order chi connectivity index (χ1) is 10.6. The lowest BCUT2D eigenvalue weighted by Gasteiger charge is -2.11. The first-order valence-corrected chi connectivity index (χ1v) is 7.40. The molecule has 2 aromatic rings. The number of carbonyl (C=O) groups excluding carboxylic acids is 1. The van der Waals surface area contributed by atoms with Crippen molar-refractivity contribution in [2.45, 2.75) is 18.8 Å². The van der Waals surface area contributed by atoms with Crippen molar-refractivity contribution in [1.82, 2.24) is 0 Å². The van der Waals surface area contributed by atoms with Crippen LogP contribution in [0.5, 0.6) is 5.75 Å². The molecule has 114 valence electrons. The van der Waals surface area contributed by atoms with E-state index in [-0.39, 0.29) is 10.9 Å². The zero-order valence-corrected chi connectivity index (χ0v) is 12.8. The van der Waals surface area contributed by atoms with Gasteiger partial charge in [-0.2, -0.15) is 0 Å². The molecule has 0 saturated heterocycles. The second-order valence-electron chi connectivity index (χ2n) is 5.34. The maximum atomic E-state index is 13.3. The molecule has 0 spiro atoms. The fraction of sp³-hybridized carbons (Fsp3) is 0.235. The lowest BCUT2D eigenvalue weighted by atomic mass is 10.0. The van der Waals surface area contributed by atoms with Gasteiger partial charge in [0.05, 0.1) is 7.11 Å². The Morgan fingerprint density at radius 2 is 2.05 bits per heavy atom. The van der Waals surface area contributed by atoms with Crippen molar-refractivity contribution in [3.63, 3.8) is 0 Å². The smallest absolute Gasteiger partial charge is 0.255 e. The van der Waals surface area contributed by atoms with Gasteiger partial charge in [-0.05, 0) is 60.7 Å². The van der Waals surface area contributed by atoms with Crippen molar-refractivity contribution in [1.29, 1.82) is 0 Å². The summed E-state index contributed by atoms with van der Waals surface area (Å²) >= 11 is 5.79. The van der Waals surface area contributed by atoms with Crippen molar-refractivity contribution >= 4 is 23.2 Å². The van der Waals surface area contributed by atoms with Gasteiger partial charge in [-0.15, -0.1) is 0 Å². The predicted molar refractivity (Wildman–Crippen MR) is 84.3 cm³/mol. The van der Waals surface area contributed by atoms with E-state index in [4.69, 9.17) is 16.3 Å². The summed E-state index contributed by atoms with van der Waals surface area (Å²) in [5.41, 5.74) is 1.90. The van der Waals surface area contributed by atoms with E-state index in [0.29, 0.717) is 17.2 Å². The van der Waals surface area contributed by atoms with Crippen molar-refractivity contribution < 1.29 is 13.9 Å². The highest BCUT2D eigenvalue weighted by Crippen LogP contribution is 2.44. The molecule has 5 heteroatoms. The van der Waals surface area contributed by atoms with Crippen LogP contribution in [0.25, 0.3) is 0 Å². The maximum absolute atomic E-state index is 13.3. The molecule has 3 rings (SSSR count). The topological polar surface area (TPSA) is 38.3 Å². The number of methoxy groups -OCH3 is 1. The van der Waals surface area contributed by atoms with E-state index in [9.17, 15) is 9.18 Å². The Bertz CT molecular complexity index is 708. The second-order valence-corrected chi connectivity index (χ2v) is 5.78. The molecule has 1 fully saturated rings. The summed E-state index contributed by atoms with van der Waals surface area (Å²) < 4.78 is 18.6. The summed E-state index contributed by atoms with van der Waals surface area (Å²) in [6.45, 7) is 0. The number of anilines is 1.